The summed E-state index contributed by atoms with van der Waals surface area (Å²) in [5.74, 6) is -9.51. The zero-order chi connectivity index (χ0) is 31.9. The Morgan fingerprint density at radius 2 is 1.68 bits per heavy atom. The zero-order valence-electron chi connectivity index (χ0n) is 25.3. The lowest BCUT2D eigenvalue weighted by atomic mass is 9.60. The third-order valence-electron chi connectivity index (χ3n) is 10.7. The molecule has 4 fully saturated rings. The van der Waals surface area contributed by atoms with E-state index in [2.05, 4.69) is 26.5 Å². The van der Waals surface area contributed by atoms with Crippen LogP contribution in [0.15, 0.2) is 35.5 Å². The van der Waals surface area contributed by atoms with Gasteiger partial charge in [-0.2, -0.15) is 0 Å². The van der Waals surface area contributed by atoms with Crippen LogP contribution in [0, 0.1) is 58.2 Å². The fourth-order valence-corrected chi connectivity index (χ4v) is 8.15. The van der Waals surface area contributed by atoms with Crippen LogP contribution >= 0.6 is 0 Å². The molecule has 4 saturated carbocycles. The zero-order valence-corrected chi connectivity index (χ0v) is 25.3. The first-order chi connectivity index (χ1) is 20.8. The Morgan fingerprint density at radius 3 is 2.34 bits per heavy atom. The fourth-order valence-electron chi connectivity index (χ4n) is 8.15. The summed E-state index contributed by atoms with van der Waals surface area (Å²) in [6, 6.07) is 0. The quantitative estimate of drug-likeness (QED) is 0.155. The Hall–Kier alpha value is -2.72. The number of aliphatic hydroxyl groups excluding tert-OH is 2. The van der Waals surface area contributed by atoms with Crippen LogP contribution in [0.3, 0.4) is 0 Å². The second kappa shape index (κ2) is 12.9. The molecule has 1 aromatic rings. The highest BCUT2D eigenvalue weighted by atomic mass is 19.2. The van der Waals surface area contributed by atoms with Gasteiger partial charge in [-0.3, -0.25) is 5.32 Å². The van der Waals surface area contributed by atoms with E-state index in [1.54, 1.807) is 5.32 Å². The van der Waals surface area contributed by atoms with Crippen LogP contribution in [0.5, 0.6) is 0 Å². The first-order valence-corrected chi connectivity index (χ1v) is 15.8. The molecule has 10 heteroatoms. The molecule has 44 heavy (non-hydrogen) atoms. The molecule has 242 valence electrons. The Balaban J connectivity index is 1.21. The number of allylic oxidation sites excluding steroid dienone is 3. The molecule has 1 amide bonds. The van der Waals surface area contributed by atoms with Crippen molar-refractivity contribution in [3.05, 3.63) is 64.5 Å². The van der Waals surface area contributed by atoms with E-state index in [1.165, 1.54) is 5.57 Å². The number of nitrogens with one attached hydrogen (secondary N) is 1. The number of aliphatic hydroxyl groups is 2. The number of carbonyl (C=O) groups is 1. The lowest BCUT2D eigenvalue weighted by Gasteiger charge is -2.44. The molecule has 1 aromatic carbocycles. The van der Waals surface area contributed by atoms with Crippen molar-refractivity contribution < 1.29 is 41.7 Å². The monoisotopic (exact) mass is 623 g/mol. The Morgan fingerprint density at radius 1 is 1.02 bits per heavy atom. The second-order valence-corrected chi connectivity index (χ2v) is 13.6. The highest BCUT2D eigenvalue weighted by Gasteiger charge is 2.50. The molecule has 7 atom stereocenters. The number of amides is 1. The van der Waals surface area contributed by atoms with Crippen LogP contribution in [-0.4, -0.2) is 34.6 Å². The Labute approximate surface area is 255 Å². The van der Waals surface area contributed by atoms with Crippen LogP contribution in [0.25, 0.3) is 0 Å². The van der Waals surface area contributed by atoms with E-state index in [9.17, 15) is 37.0 Å². The van der Waals surface area contributed by atoms with Gasteiger partial charge in [0.05, 0.1) is 12.2 Å². The maximum absolute atomic E-state index is 14.1. The van der Waals surface area contributed by atoms with Crippen molar-refractivity contribution in [2.24, 2.45) is 29.1 Å². The molecule has 0 unspecified atom stereocenters. The number of hydrogen-bond donors (Lipinski definition) is 3. The van der Waals surface area contributed by atoms with Gasteiger partial charge in [0.15, 0.2) is 23.3 Å². The molecule has 0 radical (unpaired) electrons. The molecule has 4 aliphatic rings. The average molecular weight is 624 g/mol. The molecule has 4 aliphatic carbocycles. The summed E-state index contributed by atoms with van der Waals surface area (Å²) in [5, 5.41) is 22.1. The minimum Gasteiger partial charge on any atom is -0.446 e. The van der Waals surface area contributed by atoms with Gasteiger partial charge in [-0.05, 0) is 104 Å². The summed E-state index contributed by atoms with van der Waals surface area (Å²) in [4.78, 5) is 12.5. The SMILES string of the molecule is C=C1C(=CC=C2CCC[C@]3(C)[C@@H]([C@H](C)CC[C@H](OC(=O)Nc4c(F)c(F)c(F)c(F)c4F)C4CC4)CC[C@@H]23)C[C@@H](O)C[C@@H]1O. The lowest BCUT2D eigenvalue weighted by molar-refractivity contribution is 0.0665. The second-order valence-electron chi connectivity index (χ2n) is 13.6. The Bertz CT molecular complexity index is 1330. The van der Waals surface area contributed by atoms with Crippen LogP contribution in [-0.2, 0) is 4.74 Å². The molecule has 0 spiro atoms. The first kappa shape index (κ1) is 32.7. The van der Waals surface area contributed by atoms with Crippen molar-refractivity contribution in [2.45, 2.75) is 103 Å². The summed E-state index contributed by atoms with van der Waals surface area (Å²) in [6.07, 6.45) is 10.3. The summed E-state index contributed by atoms with van der Waals surface area (Å²) in [7, 11) is 0. The van der Waals surface area contributed by atoms with Crippen molar-refractivity contribution in [3.63, 3.8) is 0 Å². The van der Waals surface area contributed by atoms with Gasteiger partial charge in [0.2, 0.25) is 5.82 Å². The first-order valence-electron chi connectivity index (χ1n) is 15.8. The lowest BCUT2D eigenvalue weighted by Crippen LogP contribution is -2.36. The normalized spacial score (nSPS) is 32.1. The van der Waals surface area contributed by atoms with E-state index >= 15 is 0 Å². The topological polar surface area (TPSA) is 78.8 Å². The number of carbonyl (C=O) groups excluding carboxylic acids is 1. The molecule has 5 rings (SSSR count). The highest BCUT2D eigenvalue weighted by Crippen LogP contribution is 2.60. The summed E-state index contributed by atoms with van der Waals surface area (Å²) in [6.45, 7) is 8.61. The van der Waals surface area contributed by atoms with Crippen LogP contribution < -0.4 is 5.32 Å². The predicted molar refractivity (Wildman–Crippen MR) is 156 cm³/mol. The van der Waals surface area contributed by atoms with Gasteiger partial charge in [0.1, 0.15) is 11.8 Å². The van der Waals surface area contributed by atoms with Gasteiger partial charge in [-0.1, -0.05) is 38.2 Å². The van der Waals surface area contributed by atoms with Gasteiger partial charge in [0, 0.05) is 6.42 Å². The van der Waals surface area contributed by atoms with E-state index in [4.69, 9.17) is 4.74 Å². The van der Waals surface area contributed by atoms with Gasteiger partial charge in [-0.25, -0.2) is 26.7 Å². The number of ether oxygens (including phenoxy) is 1. The predicted octanol–water partition coefficient (Wildman–Crippen LogP) is 8.27. The van der Waals surface area contributed by atoms with Crippen molar-refractivity contribution >= 4 is 11.8 Å². The maximum Gasteiger partial charge on any atom is 0.412 e. The largest absolute Gasteiger partial charge is 0.446 e. The summed E-state index contributed by atoms with van der Waals surface area (Å²) < 4.78 is 74.2. The molecule has 0 heterocycles. The number of benzene rings is 1. The number of fused-ring (bicyclic) bond motifs is 1. The molecule has 3 N–H and O–H groups in total. The van der Waals surface area contributed by atoms with Gasteiger partial charge >= 0.3 is 6.09 Å². The van der Waals surface area contributed by atoms with E-state index in [1.807, 2.05) is 6.08 Å². The minimum absolute atomic E-state index is 0.0973. The number of rotatable bonds is 8. The standard InChI is InChI=1S/C34H42F5NO4/c1-17(6-13-26(20-8-9-20)44-33(43)40-32-30(38)28(36)27(35)29(37)31(32)39)23-11-12-24-19(5-4-14-34(23,24)3)7-10-21-15-22(41)16-25(42)18(21)2/h7,10,17,20,22-26,41-42H,2,4-6,8-9,11-16H2,1,3H3,(H,40,43)/t17-,22-,23-,24+,25+,26+,34-/m1/s1. The maximum atomic E-state index is 14.1. The molecular formula is C34H42F5NO4. The van der Waals surface area contributed by atoms with Crippen molar-refractivity contribution in [3.8, 4) is 0 Å². The van der Waals surface area contributed by atoms with Crippen molar-refractivity contribution in [1.82, 2.24) is 0 Å². The molecule has 0 aromatic heterocycles. The number of halogens is 5. The van der Waals surface area contributed by atoms with E-state index < -0.39 is 59.2 Å². The third kappa shape index (κ3) is 6.48. The van der Waals surface area contributed by atoms with Gasteiger partial charge in [-0.15, -0.1) is 0 Å². The average Bonchev–Trinajstić information content (AvgIpc) is 3.77. The molecule has 5 nitrogen and oxygen atoms in total. The van der Waals surface area contributed by atoms with E-state index in [0.29, 0.717) is 42.6 Å². The minimum atomic E-state index is -2.29. The van der Waals surface area contributed by atoms with E-state index in [0.717, 1.165) is 56.9 Å². The van der Waals surface area contributed by atoms with Gasteiger partial charge < -0.3 is 14.9 Å². The van der Waals surface area contributed by atoms with Crippen molar-refractivity contribution in [1.29, 1.82) is 0 Å². The van der Waals surface area contributed by atoms with Crippen molar-refractivity contribution in [2.75, 3.05) is 5.32 Å². The summed E-state index contributed by atoms with van der Waals surface area (Å²) in [5.41, 5.74) is 1.65. The van der Waals surface area contributed by atoms with Crippen LogP contribution in [0.2, 0.25) is 0 Å². The number of anilines is 1. The Kier molecular flexibility index (Phi) is 9.61. The molecule has 0 saturated heterocycles. The van der Waals surface area contributed by atoms with Crippen LogP contribution in [0.4, 0.5) is 32.4 Å². The third-order valence-corrected chi connectivity index (χ3v) is 10.7. The summed E-state index contributed by atoms with van der Waals surface area (Å²) >= 11 is 0. The molecular weight excluding hydrogens is 581 g/mol. The number of hydrogen-bond acceptors (Lipinski definition) is 4. The van der Waals surface area contributed by atoms with E-state index in [-0.39, 0.29) is 11.3 Å². The van der Waals surface area contributed by atoms with Crippen LogP contribution in [0.1, 0.15) is 84.5 Å². The fraction of sp³-hybridized carbons (Fsp3) is 0.618. The smallest absolute Gasteiger partial charge is 0.412 e. The molecule has 0 aliphatic heterocycles. The highest BCUT2D eigenvalue weighted by molar-refractivity contribution is 5.85. The molecule has 0 bridgehead atoms. The van der Waals surface area contributed by atoms with Gasteiger partial charge in [0.25, 0.3) is 0 Å².